The lowest BCUT2D eigenvalue weighted by atomic mass is 9.80. The van der Waals surface area contributed by atoms with Crippen molar-refractivity contribution in [2.45, 2.75) is 40.2 Å². The third kappa shape index (κ3) is 2.58. The summed E-state index contributed by atoms with van der Waals surface area (Å²) in [7, 11) is 0. The molecule has 0 aromatic carbocycles. The van der Waals surface area contributed by atoms with Crippen LogP contribution in [0.5, 0.6) is 0 Å². The molecule has 1 N–H and O–H groups in total. The fraction of sp³-hybridized carbons (Fsp3) is 0.727. The molecule has 1 rings (SSSR count). The lowest BCUT2D eigenvalue weighted by molar-refractivity contribution is -0.120. The van der Waals surface area contributed by atoms with Crippen LogP contribution in [0.4, 0.5) is 0 Å². The molecule has 0 spiro atoms. The first-order valence-electron chi connectivity index (χ1n) is 4.95. The summed E-state index contributed by atoms with van der Waals surface area (Å²) in [6.07, 6.45) is 3.37. The summed E-state index contributed by atoms with van der Waals surface area (Å²) >= 11 is 0. The van der Waals surface area contributed by atoms with E-state index in [0.717, 1.165) is 6.42 Å². The summed E-state index contributed by atoms with van der Waals surface area (Å²) in [5.41, 5.74) is 1.45. The fourth-order valence-corrected chi connectivity index (χ4v) is 2.28. The van der Waals surface area contributed by atoms with Crippen molar-refractivity contribution in [1.82, 2.24) is 5.32 Å². The van der Waals surface area contributed by atoms with Gasteiger partial charge < -0.3 is 5.32 Å². The number of hydrogen-bond donors (Lipinski definition) is 1. The van der Waals surface area contributed by atoms with E-state index in [1.54, 1.807) is 6.92 Å². The van der Waals surface area contributed by atoms with Crippen molar-refractivity contribution in [1.29, 1.82) is 0 Å². The van der Waals surface area contributed by atoms with E-state index in [1.807, 2.05) is 0 Å². The second-order valence-electron chi connectivity index (χ2n) is 4.28. The van der Waals surface area contributed by atoms with Gasteiger partial charge in [-0.25, -0.2) is 0 Å². The van der Waals surface area contributed by atoms with E-state index < -0.39 is 0 Å². The van der Waals surface area contributed by atoms with Gasteiger partial charge in [0.15, 0.2) is 0 Å². The molecule has 0 saturated carbocycles. The minimum Gasteiger partial charge on any atom is -0.353 e. The van der Waals surface area contributed by atoms with Crippen molar-refractivity contribution in [2.24, 2.45) is 11.8 Å². The minimum atomic E-state index is 0.0802. The molecule has 0 bridgehead atoms. The van der Waals surface area contributed by atoms with Crippen molar-refractivity contribution < 1.29 is 4.79 Å². The Balaban J connectivity index is 2.68. The first-order valence-corrected chi connectivity index (χ1v) is 4.95. The molecule has 0 heterocycles. The van der Waals surface area contributed by atoms with Gasteiger partial charge in [0, 0.05) is 13.0 Å². The number of allylic oxidation sites excluding steroid dienone is 1. The first-order chi connectivity index (χ1) is 6.00. The summed E-state index contributed by atoms with van der Waals surface area (Å²) in [6.45, 7) is 8.12. The number of carbonyl (C=O) groups excluding carboxylic acids is 1. The molecule has 1 aliphatic carbocycles. The Labute approximate surface area is 80.4 Å². The molecule has 74 valence electrons. The molecule has 0 aromatic rings. The Morgan fingerprint density at radius 1 is 1.54 bits per heavy atom. The van der Waals surface area contributed by atoms with Gasteiger partial charge in [-0.1, -0.05) is 25.5 Å². The highest BCUT2D eigenvalue weighted by atomic mass is 16.1. The normalized spacial score (nSPS) is 33.8. The molecule has 0 saturated heterocycles. The first kappa shape index (κ1) is 10.3. The summed E-state index contributed by atoms with van der Waals surface area (Å²) < 4.78 is 0. The van der Waals surface area contributed by atoms with Crippen molar-refractivity contribution in [3.05, 3.63) is 11.6 Å². The third-order valence-corrected chi connectivity index (χ3v) is 2.74. The van der Waals surface area contributed by atoms with Crippen LogP contribution in [0.25, 0.3) is 0 Å². The Morgan fingerprint density at radius 3 is 2.62 bits per heavy atom. The number of carbonyl (C=O) groups is 1. The Bertz CT molecular complexity index is 232. The number of hydrogen-bond acceptors (Lipinski definition) is 1. The van der Waals surface area contributed by atoms with Gasteiger partial charge in [-0.3, -0.25) is 4.79 Å². The van der Waals surface area contributed by atoms with Crippen LogP contribution < -0.4 is 5.32 Å². The van der Waals surface area contributed by atoms with E-state index in [4.69, 9.17) is 0 Å². The molecule has 0 unspecified atom stereocenters. The number of amides is 1. The molecular formula is C11H19NO. The average molecular weight is 181 g/mol. The van der Waals surface area contributed by atoms with Crippen LogP contribution in [0.2, 0.25) is 0 Å². The summed E-state index contributed by atoms with van der Waals surface area (Å²) in [5.74, 6) is 1.10. The zero-order valence-corrected chi connectivity index (χ0v) is 8.92. The summed E-state index contributed by atoms with van der Waals surface area (Å²) in [4.78, 5) is 11.0. The summed E-state index contributed by atoms with van der Waals surface area (Å²) in [6, 6.07) is 0.321. The quantitative estimate of drug-likeness (QED) is 0.617. The fourth-order valence-electron chi connectivity index (χ4n) is 2.28. The average Bonchev–Trinajstić information content (AvgIpc) is 1.96. The largest absolute Gasteiger partial charge is 0.353 e. The van der Waals surface area contributed by atoms with Gasteiger partial charge in [-0.15, -0.1) is 0 Å². The zero-order valence-electron chi connectivity index (χ0n) is 8.92. The maximum atomic E-state index is 11.0. The predicted octanol–water partition coefficient (Wildman–Crippen LogP) is 2.11. The van der Waals surface area contributed by atoms with E-state index in [0.29, 0.717) is 17.9 Å². The van der Waals surface area contributed by atoms with Crippen molar-refractivity contribution in [3.8, 4) is 0 Å². The molecular weight excluding hydrogens is 162 g/mol. The van der Waals surface area contributed by atoms with Crippen molar-refractivity contribution in [2.75, 3.05) is 0 Å². The maximum Gasteiger partial charge on any atom is 0.217 e. The second kappa shape index (κ2) is 3.95. The molecule has 13 heavy (non-hydrogen) atoms. The molecule has 0 fully saturated rings. The van der Waals surface area contributed by atoms with Crippen LogP contribution in [-0.4, -0.2) is 11.9 Å². The van der Waals surface area contributed by atoms with E-state index in [9.17, 15) is 4.79 Å². The molecule has 3 atom stereocenters. The van der Waals surface area contributed by atoms with Gasteiger partial charge in [-0.05, 0) is 25.2 Å². The highest BCUT2D eigenvalue weighted by molar-refractivity contribution is 5.73. The zero-order chi connectivity index (χ0) is 10.0. The number of nitrogens with one attached hydrogen (secondary N) is 1. The standard InChI is InChI=1S/C11H19NO/c1-7-5-8(2)11(9(3)6-7)12-10(4)13/h5,8-9,11H,6H2,1-4H3,(H,12,13)/t8-,9+,11+/m0/s1. The smallest absolute Gasteiger partial charge is 0.217 e. The van der Waals surface area contributed by atoms with Crippen LogP contribution in [0.15, 0.2) is 11.6 Å². The highest BCUT2D eigenvalue weighted by Gasteiger charge is 2.26. The van der Waals surface area contributed by atoms with Crippen molar-refractivity contribution >= 4 is 5.91 Å². The molecule has 0 aliphatic heterocycles. The van der Waals surface area contributed by atoms with Crippen LogP contribution >= 0.6 is 0 Å². The van der Waals surface area contributed by atoms with E-state index >= 15 is 0 Å². The topological polar surface area (TPSA) is 29.1 Å². The van der Waals surface area contributed by atoms with Crippen molar-refractivity contribution in [3.63, 3.8) is 0 Å². The van der Waals surface area contributed by atoms with Gasteiger partial charge in [-0.2, -0.15) is 0 Å². The predicted molar refractivity (Wildman–Crippen MR) is 54.3 cm³/mol. The van der Waals surface area contributed by atoms with Gasteiger partial charge in [0.25, 0.3) is 0 Å². The van der Waals surface area contributed by atoms with Gasteiger partial charge in [0.05, 0.1) is 0 Å². The van der Waals surface area contributed by atoms with E-state index in [2.05, 4.69) is 32.2 Å². The molecule has 1 amide bonds. The minimum absolute atomic E-state index is 0.0802. The Hall–Kier alpha value is -0.790. The molecule has 0 radical (unpaired) electrons. The Morgan fingerprint density at radius 2 is 2.15 bits per heavy atom. The summed E-state index contributed by atoms with van der Waals surface area (Å²) in [5, 5.41) is 3.02. The monoisotopic (exact) mass is 181 g/mol. The highest BCUT2D eigenvalue weighted by Crippen LogP contribution is 2.27. The van der Waals surface area contributed by atoms with E-state index in [1.165, 1.54) is 5.57 Å². The molecule has 0 aromatic heterocycles. The van der Waals surface area contributed by atoms with Crippen LogP contribution in [0, 0.1) is 11.8 Å². The van der Waals surface area contributed by atoms with E-state index in [-0.39, 0.29) is 5.91 Å². The lowest BCUT2D eigenvalue weighted by Crippen LogP contribution is -2.44. The SMILES string of the molecule is CC(=O)N[C@H]1[C@H](C)CC(C)=C[C@@H]1C. The van der Waals surface area contributed by atoms with Crippen LogP contribution in [-0.2, 0) is 4.79 Å². The van der Waals surface area contributed by atoms with Gasteiger partial charge in [0.2, 0.25) is 5.91 Å². The third-order valence-electron chi connectivity index (χ3n) is 2.74. The number of rotatable bonds is 1. The maximum absolute atomic E-state index is 11.0. The Kier molecular flexibility index (Phi) is 3.12. The molecule has 2 heteroatoms. The van der Waals surface area contributed by atoms with Crippen LogP contribution in [0.3, 0.4) is 0 Å². The van der Waals surface area contributed by atoms with Crippen LogP contribution in [0.1, 0.15) is 34.1 Å². The lowest BCUT2D eigenvalue weighted by Gasteiger charge is -2.33. The second-order valence-corrected chi connectivity index (χ2v) is 4.28. The molecule has 2 nitrogen and oxygen atoms in total. The van der Waals surface area contributed by atoms with Gasteiger partial charge >= 0.3 is 0 Å². The molecule has 1 aliphatic rings. The van der Waals surface area contributed by atoms with Gasteiger partial charge in [0.1, 0.15) is 0 Å².